The summed E-state index contributed by atoms with van der Waals surface area (Å²) in [4.78, 5) is 16.4. The third-order valence-electron chi connectivity index (χ3n) is 4.38. The van der Waals surface area contributed by atoms with Crippen LogP contribution in [0.2, 0.25) is 0 Å². The quantitative estimate of drug-likeness (QED) is 0.926. The van der Waals surface area contributed by atoms with Crippen molar-refractivity contribution in [2.24, 2.45) is 0 Å². The van der Waals surface area contributed by atoms with Crippen molar-refractivity contribution in [2.45, 2.75) is 31.8 Å². The highest BCUT2D eigenvalue weighted by molar-refractivity contribution is 5.74. The fourth-order valence-electron chi connectivity index (χ4n) is 2.91. The molecule has 1 saturated heterocycles. The van der Waals surface area contributed by atoms with Gasteiger partial charge in [-0.2, -0.15) is 0 Å². The molecule has 6 heteroatoms. The van der Waals surface area contributed by atoms with Gasteiger partial charge in [0.2, 0.25) is 0 Å². The van der Waals surface area contributed by atoms with E-state index in [1.54, 1.807) is 12.1 Å². The summed E-state index contributed by atoms with van der Waals surface area (Å²) >= 11 is 0. The molecule has 23 heavy (non-hydrogen) atoms. The van der Waals surface area contributed by atoms with Crippen molar-refractivity contribution in [3.63, 3.8) is 0 Å². The van der Waals surface area contributed by atoms with Crippen molar-refractivity contribution < 1.29 is 13.9 Å². The summed E-state index contributed by atoms with van der Waals surface area (Å²) in [7, 11) is 5.59. The van der Waals surface area contributed by atoms with E-state index in [1.165, 1.54) is 13.2 Å². The molecule has 0 saturated carbocycles. The second-order valence-electron chi connectivity index (χ2n) is 6.16. The van der Waals surface area contributed by atoms with E-state index >= 15 is 0 Å². The Bertz CT molecular complexity index is 537. The second kappa shape index (κ2) is 8.15. The number of ether oxygens (including phenoxy) is 1. The molecule has 0 bridgehead atoms. The van der Waals surface area contributed by atoms with Crippen molar-refractivity contribution in [1.29, 1.82) is 0 Å². The Morgan fingerprint density at radius 3 is 2.83 bits per heavy atom. The van der Waals surface area contributed by atoms with Crippen molar-refractivity contribution in [2.75, 3.05) is 34.3 Å². The highest BCUT2D eigenvalue weighted by atomic mass is 19.1. The Morgan fingerprint density at radius 1 is 1.39 bits per heavy atom. The molecule has 0 aliphatic carbocycles. The maximum Gasteiger partial charge on any atom is 0.317 e. The molecule has 2 amide bonds. The highest BCUT2D eigenvalue weighted by Gasteiger charge is 2.21. The molecular weight excluding hydrogens is 297 g/mol. The van der Waals surface area contributed by atoms with E-state index in [0.717, 1.165) is 37.9 Å². The molecular formula is C17H26FN3O2. The third kappa shape index (κ3) is 4.82. The molecule has 1 aromatic carbocycles. The summed E-state index contributed by atoms with van der Waals surface area (Å²) in [6, 6.07) is 5.17. The first-order valence-corrected chi connectivity index (χ1v) is 8.03. The summed E-state index contributed by atoms with van der Waals surface area (Å²) in [5, 5.41) is 2.87. The number of rotatable bonds is 4. The standard InChI is InChI=1S/C17H26FN3O2/c1-20(2)14-5-4-9-21(10-8-14)17(22)19-12-13-6-7-16(23-3)15(18)11-13/h6-7,11,14H,4-5,8-10,12H2,1-3H3,(H,19,22). The summed E-state index contributed by atoms with van der Waals surface area (Å²) in [5.41, 5.74) is 0.720. The van der Waals surface area contributed by atoms with Crippen LogP contribution in [-0.4, -0.2) is 56.2 Å². The van der Waals surface area contributed by atoms with Crippen LogP contribution in [-0.2, 0) is 6.54 Å². The summed E-state index contributed by atoms with van der Waals surface area (Å²) in [6.07, 6.45) is 3.10. The summed E-state index contributed by atoms with van der Waals surface area (Å²) in [6.45, 7) is 1.84. The predicted molar refractivity (Wildman–Crippen MR) is 88.1 cm³/mol. The molecule has 1 N–H and O–H groups in total. The van der Waals surface area contributed by atoms with E-state index < -0.39 is 5.82 Å². The van der Waals surface area contributed by atoms with Gasteiger partial charge in [-0.05, 0) is 51.1 Å². The molecule has 0 spiro atoms. The topological polar surface area (TPSA) is 44.8 Å². The minimum absolute atomic E-state index is 0.0827. The van der Waals surface area contributed by atoms with Gasteiger partial charge in [0.15, 0.2) is 11.6 Å². The van der Waals surface area contributed by atoms with Crippen LogP contribution in [0.25, 0.3) is 0 Å². The van der Waals surface area contributed by atoms with E-state index in [4.69, 9.17) is 4.74 Å². The van der Waals surface area contributed by atoms with E-state index in [2.05, 4.69) is 24.3 Å². The van der Waals surface area contributed by atoms with Gasteiger partial charge in [0.25, 0.3) is 0 Å². The molecule has 1 atom stereocenters. The smallest absolute Gasteiger partial charge is 0.317 e. The molecule has 1 heterocycles. The molecule has 1 aliphatic rings. The van der Waals surface area contributed by atoms with Crippen LogP contribution >= 0.6 is 0 Å². The van der Waals surface area contributed by atoms with Crippen molar-refractivity contribution in [1.82, 2.24) is 15.1 Å². The normalized spacial score (nSPS) is 18.7. The predicted octanol–water partition coefficient (Wildman–Crippen LogP) is 2.46. The second-order valence-corrected chi connectivity index (χ2v) is 6.16. The van der Waals surface area contributed by atoms with E-state index in [0.29, 0.717) is 12.6 Å². The third-order valence-corrected chi connectivity index (χ3v) is 4.38. The number of carbonyl (C=O) groups is 1. The Hall–Kier alpha value is -1.82. The Balaban J connectivity index is 1.86. The molecule has 1 unspecified atom stereocenters. The first-order valence-electron chi connectivity index (χ1n) is 8.03. The average molecular weight is 323 g/mol. The van der Waals surface area contributed by atoms with Crippen molar-refractivity contribution in [3.05, 3.63) is 29.6 Å². The number of carbonyl (C=O) groups excluding carboxylic acids is 1. The number of likely N-dealkylation sites (tertiary alicyclic amines) is 1. The number of benzene rings is 1. The largest absolute Gasteiger partial charge is 0.494 e. The molecule has 1 aliphatic heterocycles. The lowest BCUT2D eigenvalue weighted by Crippen LogP contribution is -2.40. The van der Waals surface area contributed by atoms with Gasteiger partial charge in [-0.3, -0.25) is 0 Å². The summed E-state index contributed by atoms with van der Waals surface area (Å²) < 4.78 is 18.5. The van der Waals surface area contributed by atoms with Gasteiger partial charge >= 0.3 is 6.03 Å². The lowest BCUT2D eigenvalue weighted by molar-refractivity contribution is 0.197. The average Bonchev–Trinajstić information content (AvgIpc) is 2.79. The number of amides is 2. The van der Waals surface area contributed by atoms with Gasteiger partial charge in [-0.1, -0.05) is 6.07 Å². The molecule has 0 radical (unpaired) electrons. The van der Waals surface area contributed by atoms with Crippen LogP contribution in [0.5, 0.6) is 5.75 Å². The molecule has 0 aromatic heterocycles. The fourth-order valence-corrected chi connectivity index (χ4v) is 2.91. The van der Waals surface area contributed by atoms with Crippen LogP contribution in [0.3, 0.4) is 0 Å². The first kappa shape index (κ1) is 17.5. The van der Waals surface area contributed by atoms with Crippen LogP contribution in [0, 0.1) is 5.82 Å². The van der Waals surface area contributed by atoms with Gasteiger partial charge in [0, 0.05) is 25.7 Å². The van der Waals surface area contributed by atoms with Crippen molar-refractivity contribution >= 4 is 6.03 Å². The van der Waals surface area contributed by atoms with Crippen LogP contribution in [0.4, 0.5) is 9.18 Å². The lowest BCUT2D eigenvalue weighted by Gasteiger charge is -2.23. The number of nitrogens with one attached hydrogen (secondary N) is 1. The van der Waals surface area contributed by atoms with Crippen LogP contribution in [0.15, 0.2) is 18.2 Å². The minimum Gasteiger partial charge on any atom is -0.494 e. The monoisotopic (exact) mass is 323 g/mol. The fraction of sp³-hybridized carbons (Fsp3) is 0.588. The van der Waals surface area contributed by atoms with Crippen LogP contribution < -0.4 is 10.1 Å². The van der Waals surface area contributed by atoms with Gasteiger partial charge in [-0.25, -0.2) is 9.18 Å². The zero-order valence-corrected chi connectivity index (χ0v) is 14.1. The lowest BCUT2D eigenvalue weighted by atomic mass is 10.1. The molecule has 1 fully saturated rings. The SMILES string of the molecule is COc1ccc(CNC(=O)N2CCCC(N(C)C)CC2)cc1F. The maximum atomic E-state index is 13.6. The van der Waals surface area contributed by atoms with Crippen LogP contribution in [0.1, 0.15) is 24.8 Å². The Labute approximate surface area is 137 Å². The molecule has 1 aromatic rings. The van der Waals surface area contributed by atoms with Gasteiger partial charge in [0.05, 0.1) is 7.11 Å². The number of methoxy groups -OCH3 is 1. The van der Waals surface area contributed by atoms with Crippen molar-refractivity contribution in [3.8, 4) is 5.75 Å². The Morgan fingerprint density at radius 2 is 2.17 bits per heavy atom. The molecule has 128 valence electrons. The van der Waals surface area contributed by atoms with E-state index in [1.807, 2.05) is 4.90 Å². The Kier molecular flexibility index (Phi) is 6.21. The van der Waals surface area contributed by atoms with E-state index in [9.17, 15) is 9.18 Å². The van der Waals surface area contributed by atoms with Gasteiger partial charge < -0.3 is 19.9 Å². The number of hydrogen-bond donors (Lipinski definition) is 1. The van der Waals surface area contributed by atoms with Gasteiger partial charge in [-0.15, -0.1) is 0 Å². The van der Waals surface area contributed by atoms with Gasteiger partial charge in [0.1, 0.15) is 0 Å². The number of hydrogen-bond acceptors (Lipinski definition) is 3. The number of urea groups is 1. The molecule has 5 nitrogen and oxygen atoms in total. The zero-order valence-electron chi connectivity index (χ0n) is 14.1. The summed E-state index contributed by atoms with van der Waals surface area (Å²) in [5.74, 6) is -0.204. The highest BCUT2D eigenvalue weighted by Crippen LogP contribution is 2.18. The maximum absolute atomic E-state index is 13.6. The number of halogens is 1. The number of nitrogens with zero attached hydrogens (tertiary/aromatic N) is 2. The minimum atomic E-state index is -0.414. The molecule has 2 rings (SSSR count). The first-order chi connectivity index (χ1) is 11.0. The van der Waals surface area contributed by atoms with E-state index in [-0.39, 0.29) is 11.8 Å². The zero-order chi connectivity index (χ0) is 16.8.